The smallest absolute Gasteiger partial charge is 0.204 e. The average Bonchev–Trinajstić information content (AvgIpc) is 2.90. The van der Waals surface area contributed by atoms with Crippen LogP contribution in [-0.4, -0.2) is 28.2 Å². The summed E-state index contributed by atoms with van der Waals surface area (Å²) in [4.78, 5) is 0. The molecule has 20 heavy (non-hydrogen) atoms. The van der Waals surface area contributed by atoms with Gasteiger partial charge in [0.25, 0.3) is 0 Å². The van der Waals surface area contributed by atoms with Gasteiger partial charge in [-0.15, -0.1) is 5.10 Å². The molecule has 2 rings (SSSR count). The zero-order valence-electron chi connectivity index (χ0n) is 11.6. The number of aromatic nitrogens is 3. The Balaban J connectivity index is 2.05. The summed E-state index contributed by atoms with van der Waals surface area (Å²) in [5, 5.41) is 8.25. The van der Waals surface area contributed by atoms with Crippen LogP contribution < -0.4 is 0 Å². The quantitative estimate of drug-likeness (QED) is 0.542. The summed E-state index contributed by atoms with van der Waals surface area (Å²) >= 11 is 2.29. The third-order valence-corrected chi connectivity index (χ3v) is 3.41. The summed E-state index contributed by atoms with van der Waals surface area (Å²) in [7, 11) is 0. The highest BCUT2D eigenvalue weighted by atomic mass is 127. The summed E-state index contributed by atoms with van der Waals surface area (Å²) in [6.45, 7) is 5.71. The zero-order chi connectivity index (χ0) is 14.4. The van der Waals surface area contributed by atoms with Crippen molar-refractivity contribution in [1.82, 2.24) is 15.0 Å². The van der Waals surface area contributed by atoms with Crippen LogP contribution in [0.2, 0.25) is 0 Å². The van der Waals surface area contributed by atoms with Crippen molar-refractivity contribution >= 4 is 22.6 Å². The SMILES string of the molecule is CCOC(OCC)c1cn(Cc2ccc(I)cc2)nn1. The van der Waals surface area contributed by atoms with Crippen LogP contribution >= 0.6 is 22.6 Å². The minimum atomic E-state index is -0.435. The molecule has 0 aliphatic heterocycles. The first-order valence-electron chi connectivity index (χ1n) is 6.60. The number of nitrogens with zero attached hydrogens (tertiary/aromatic N) is 3. The minimum absolute atomic E-state index is 0.435. The standard InChI is InChI=1S/C14H18IN3O2/c1-3-19-14(20-4-2)13-10-18(17-16-13)9-11-5-7-12(15)8-6-11/h5-8,10,14H,3-4,9H2,1-2H3. The van der Waals surface area contributed by atoms with Crippen LogP contribution in [0.15, 0.2) is 30.5 Å². The molecule has 0 saturated heterocycles. The molecule has 0 fully saturated rings. The van der Waals surface area contributed by atoms with Crippen LogP contribution in [0.25, 0.3) is 0 Å². The van der Waals surface area contributed by atoms with Gasteiger partial charge in [-0.1, -0.05) is 17.3 Å². The van der Waals surface area contributed by atoms with Gasteiger partial charge in [0.1, 0.15) is 5.69 Å². The molecule has 2 aromatic rings. The second-order valence-electron chi connectivity index (χ2n) is 4.21. The summed E-state index contributed by atoms with van der Waals surface area (Å²) in [5.74, 6) is 0. The Morgan fingerprint density at radius 2 is 1.80 bits per heavy atom. The van der Waals surface area contributed by atoms with E-state index in [2.05, 4.69) is 57.2 Å². The van der Waals surface area contributed by atoms with Gasteiger partial charge < -0.3 is 9.47 Å². The van der Waals surface area contributed by atoms with Crippen molar-refractivity contribution in [2.24, 2.45) is 0 Å². The van der Waals surface area contributed by atoms with E-state index in [4.69, 9.17) is 9.47 Å². The van der Waals surface area contributed by atoms with Crippen molar-refractivity contribution in [3.63, 3.8) is 0 Å². The normalized spacial score (nSPS) is 11.2. The van der Waals surface area contributed by atoms with Gasteiger partial charge in [-0.2, -0.15) is 0 Å². The van der Waals surface area contributed by atoms with E-state index >= 15 is 0 Å². The van der Waals surface area contributed by atoms with E-state index in [1.165, 1.54) is 9.13 Å². The third-order valence-electron chi connectivity index (χ3n) is 2.69. The summed E-state index contributed by atoms with van der Waals surface area (Å²) in [6.07, 6.45) is 1.43. The van der Waals surface area contributed by atoms with Crippen molar-refractivity contribution in [3.05, 3.63) is 45.3 Å². The van der Waals surface area contributed by atoms with Gasteiger partial charge >= 0.3 is 0 Å². The second kappa shape index (κ2) is 7.70. The molecule has 0 saturated carbocycles. The second-order valence-corrected chi connectivity index (χ2v) is 5.46. The van der Waals surface area contributed by atoms with Gasteiger partial charge in [0.05, 0.1) is 12.7 Å². The van der Waals surface area contributed by atoms with E-state index < -0.39 is 6.29 Å². The molecule has 0 aliphatic carbocycles. The van der Waals surface area contributed by atoms with Crippen molar-refractivity contribution in [1.29, 1.82) is 0 Å². The monoisotopic (exact) mass is 387 g/mol. The van der Waals surface area contributed by atoms with Crippen molar-refractivity contribution in [2.75, 3.05) is 13.2 Å². The van der Waals surface area contributed by atoms with Gasteiger partial charge in [-0.25, -0.2) is 4.68 Å². The van der Waals surface area contributed by atoms with Gasteiger partial charge in [-0.05, 0) is 54.1 Å². The van der Waals surface area contributed by atoms with Crippen LogP contribution in [0.1, 0.15) is 31.4 Å². The van der Waals surface area contributed by atoms with Crippen LogP contribution in [0.4, 0.5) is 0 Å². The first-order chi connectivity index (χ1) is 9.72. The highest BCUT2D eigenvalue weighted by Crippen LogP contribution is 2.16. The number of hydrogen-bond acceptors (Lipinski definition) is 4. The molecular weight excluding hydrogens is 369 g/mol. The number of hydrogen-bond donors (Lipinski definition) is 0. The predicted molar refractivity (Wildman–Crippen MR) is 84.3 cm³/mol. The predicted octanol–water partition coefficient (Wildman–Crippen LogP) is 3.00. The van der Waals surface area contributed by atoms with E-state index in [1.807, 2.05) is 20.0 Å². The molecule has 0 unspecified atom stereocenters. The fourth-order valence-corrected chi connectivity index (χ4v) is 2.16. The Bertz CT molecular complexity index is 521. The summed E-state index contributed by atoms with van der Waals surface area (Å²) in [6, 6.07) is 8.34. The van der Waals surface area contributed by atoms with Gasteiger partial charge in [0, 0.05) is 16.8 Å². The zero-order valence-corrected chi connectivity index (χ0v) is 13.8. The number of rotatable bonds is 7. The van der Waals surface area contributed by atoms with Crippen LogP contribution in [-0.2, 0) is 16.0 Å². The molecule has 0 amide bonds. The summed E-state index contributed by atoms with van der Waals surface area (Å²) in [5.41, 5.74) is 1.89. The molecule has 0 N–H and O–H groups in total. The molecule has 0 radical (unpaired) electrons. The van der Waals surface area contributed by atoms with Crippen molar-refractivity contribution < 1.29 is 9.47 Å². The molecule has 6 heteroatoms. The maximum atomic E-state index is 5.51. The number of halogens is 1. The van der Waals surface area contributed by atoms with Gasteiger partial charge in [0.15, 0.2) is 0 Å². The first-order valence-corrected chi connectivity index (χ1v) is 7.68. The van der Waals surface area contributed by atoms with Gasteiger partial charge in [-0.3, -0.25) is 0 Å². The lowest BCUT2D eigenvalue weighted by Crippen LogP contribution is -2.09. The highest BCUT2D eigenvalue weighted by Gasteiger charge is 2.15. The minimum Gasteiger partial charge on any atom is -0.347 e. The Hall–Kier alpha value is -0.990. The van der Waals surface area contributed by atoms with Crippen LogP contribution in [0, 0.1) is 3.57 Å². The first kappa shape index (κ1) is 15.4. The average molecular weight is 387 g/mol. The highest BCUT2D eigenvalue weighted by molar-refractivity contribution is 14.1. The number of benzene rings is 1. The lowest BCUT2D eigenvalue weighted by Gasteiger charge is -2.13. The van der Waals surface area contributed by atoms with Gasteiger partial charge in [0.2, 0.25) is 6.29 Å². The summed E-state index contributed by atoms with van der Waals surface area (Å²) < 4.78 is 14.0. The Labute approximate surface area is 132 Å². The largest absolute Gasteiger partial charge is 0.347 e. The molecular formula is C14H18IN3O2. The molecule has 1 heterocycles. The van der Waals surface area contributed by atoms with Crippen LogP contribution in [0.5, 0.6) is 0 Å². The molecule has 0 atom stereocenters. The molecule has 0 aliphatic rings. The maximum Gasteiger partial charge on any atom is 0.204 e. The molecule has 0 spiro atoms. The molecule has 1 aromatic heterocycles. The third kappa shape index (κ3) is 4.26. The van der Waals surface area contributed by atoms with Crippen molar-refractivity contribution in [3.8, 4) is 0 Å². The molecule has 5 nitrogen and oxygen atoms in total. The fourth-order valence-electron chi connectivity index (χ4n) is 1.80. The fraction of sp³-hybridized carbons (Fsp3) is 0.429. The van der Waals surface area contributed by atoms with E-state index in [0.29, 0.717) is 25.5 Å². The van der Waals surface area contributed by atoms with Crippen molar-refractivity contribution in [2.45, 2.75) is 26.7 Å². The Kier molecular flexibility index (Phi) is 5.93. The molecule has 0 bridgehead atoms. The van der Waals surface area contributed by atoms with E-state index in [9.17, 15) is 0 Å². The lowest BCUT2D eigenvalue weighted by molar-refractivity contribution is -0.142. The maximum absolute atomic E-state index is 5.51. The lowest BCUT2D eigenvalue weighted by atomic mass is 10.2. The van der Waals surface area contributed by atoms with Crippen LogP contribution in [0.3, 0.4) is 0 Å². The Morgan fingerprint density at radius 3 is 2.40 bits per heavy atom. The number of ether oxygens (including phenoxy) is 2. The molecule has 108 valence electrons. The van der Waals surface area contributed by atoms with E-state index in [1.54, 1.807) is 4.68 Å². The topological polar surface area (TPSA) is 49.2 Å². The van der Waals surface area contributed by atoms with E-state index in [-0.39, 0.29) is 0 Å². The molecule has 1 aromatic carbocycles. The van der Waals surface area contributed by atoms with E-state index in [0.717, 1.165) is 0 Å². The Morgan fingerprint density at radius 1 is 1.15 bits per heavy atom.